The predicted octanol–water partition coefficient (Wildman–Crippen LogP) is 3.32. The van der Waals surface area contributed by atoms with Gasteiger partial charge in [0.05, 0.1) is 30.0 Å². The van der Waals surface area contributed by atoms with E-state index in [0.717, 1.165) is 19.3 Å². The SMILES string of the molecule is CC(C)[C@H](CC[C@@H](C)[C@H]1C[C@H](O)[C@H]2[C@@H]3C[C@@H](O)[C@@]4(O)C[C@@H](O)CC[C@]4(C)[C@H]3CC[C@@]21C)OS(=O)(=O)O. The first kappa shape index (κ1) is 28.7. The highest BCUT2D eigenvalue weighted by Gasteiger charge is 2.68. The van der Waals surface area contributed by atoms with Crippen LogP contribution in [0.4, 0.5) is 0 Å². The quantitative estimate of drug-likeness (QED) is 0.314. The molecule has 0 heterocycles. The van der Waals surface area contributed by atoms with Gasteiger partial charge in [0, 0.05) is 11.8 Å². The standard InChI is InChI=1S/C27H48O8S/c1-15(2)22(35-36(32,33)34)7-6-16(3)20-13-21(29)24-18-12-23(30)27(31)14-17(28)8-11-26(27,5)19(18)9-10-25(20,24)4/h15-24,28-31H,6-14H2,1-5H3,(H,32,33,34)/t16-,17+,18-,19+,20-,21+,22+,23-,24-,25-,26-,27+/m1/s1. The summed E-state index contributed by atoms with van der Waals surface area (Å²) >= 11 is 0. The van der Waals surface area contributed by atoms with E-state index in [0.29, 0.717) is 32.1 Å². The lowest BCUT2D eigenvalue weighted by atomic mass is 9.42. The molecule has 210 valence electrons. The molecule has 0 spiro atoms. The van der Waals surface area contributed by atoms with E-state index in [1.807, 2.05) is 13.8 Å². The van der Waals surface area contributed by atoms with Crippen LogP contribution in [0.5, 0.6) is 0 Å². The topological polar surface area (TPSA) is 145 Å². The van der Waals surface area contributed by atoms with Crippen LogP contribution in [0.15, 0.2) is 0 Å². The lowest BCUT2D eigenvalue weighted by Gasteiger charge is -2.65. The maximum Gasteiger partial charge on any atom is 0.397 e. The summed E-state index contributed by atoms with van der Waals surface area (Å²) in [6.45, 7) is 10.3. The Kier molecular flexibility index (Phi) is 7.75. The number of hydrogen-bond donors (Lipinski definition) is 5. The molecule has 4 fully saturated rings. The Labute approximate surface area is 216 Å². The third-order valence-corrected chi connectivity index (χ3v) is 12.0. The van der Waals surface area contributed by atoms with Gasteiger partial charge in [-0.15, -0.1) is 0 Å². The molecule has 0 unspecified atom stereocenters. The molecule has 8 nitrogen and oxygen atoms in total. The third-order valence-electron chi connectivity index (χ3n) is 11.5. The van der Waals surface area contributed by atoms with E-state index in [-0.39, 0.29) is 47.3 Å². The fourth-order valence-corrected chi connectivity index (χ4v) is 10.2. The van der Waals surface area contributed by atoms with E-state index in [4.69, 9.17) is 4.18 Å². The number of fused-ring (bicyclic) bond motifs is 5. The van der Waals surface area contributed by atoms with Crippen molar-refractivity contribution in [1.82, 2.24) is 0 Å². The van der Waals surface area contributed by atoms with Crippen LogP contribution in [-0.2, 0) is 14.6 Å². The summed E-state index contributed by atoms with van der Waals surface area (Å²) in [6, 6.07) is 0. The van der Waals surface area contributed by atoms with Crippen molar-refractivity contribution in [2.45, 2.75) is 122 Å². The lowest BCUT2D eigenvalue weighted by Crippen LogP contribution is -2.69. The molecule has 4 saturated carbocycles. The van der Waals surface area contributed by atoms with Gasteiger partial charge in [-0.05, 0) is 92.3 Å². The zero-order valence-electron chi connectivity index (χ0n) is 22.5. The normalized spacial score (nSPS) is 48.7. The van der Waals surface area contributed by atoms with Crippen molar-refractivity contribution in [1.29, 1.82) is 0 Å². The molecule has 0 aromatic heterocycles. The third kappa shape index (κ3) is 4.69. The largest absolute Gasteiger partial charge is 0.397 e. The van der Waals surface area contributed by atoms with Gasteiger partial charge in [-0.3, -0.25) is 4.55 Å². The van der Waals surface area contributed by atoms with Gasteiger partial charge in [0.25, 0.3) is 0 Å². The van der Waals surface area contributed by atoms with Gasteiger partial charge in [-0.2, -0.15) is 8.42 Å². The Morgan fingerprint density at radius 3 is 2.28 bits per heavy atom. The summed E-state index contributed by atoms with van der Waals surface area (Å²) in [5.74, 6) is 0.733. The average molecular weight is 533 g/mol. The minimum atomic E-state index is -4.52. The van der Waals surface area contributed by atoms with E-state index in [9.17, 15) is 33.4 Å². The van der Waals surface area contributed by atoms with Crippen molar-refractivity contribution in [2.75, 3.05) is 0 Å². The molecule has 0 saturated heterocycles. The smallest absolute Gasteiger partial charge is 0.393 e. The van der Waals surface area contributed by atoms with Crippen molar-refractivity contribution in [3.8, 4) is 0 Å². The zero-order chi connectivity index (χ0) is 26.8. The van der Waals surface area contributed by atoms with E-state index < -0.39 is 45.8 Å². The molecule has 0 aliphatic heterocycles. The molecule has 0 radical (unpaired) electrons. The molecule has 0 aromatic rings. The van der Waals surface area contributed by atoms with Gasteiger partial charge in [0.1, 0.15) is 0 Å². The maximum absolute atomic E-state index is 11.6. The molecular formula is C27H48O8S. The van der Waals surface area contributed by atoms with Crippen LogP contribution in [-0.4, -0.2) is 63.4 Å². The van der Waals surface area contributed by atoms with Gasteiger partial charge < -0.3 is 20.4 Å². The Balaban J connectivity index is 1.53. The Hall–Kier alpha value is -0.290. The van der Waals surface area contributed by atoms with Gasteiger partial charge in [-0.1, -0.05) is 34.6 Å². The van der Waals surface area contributed by atoms with Gasteiger partial charge in [-0.25, -0.2) is 4.18 Å². The number of aliphatic hydroxyl groups excluding tert-OH is 3. The van der Waals surface area contributed by atoms with Crippen LogP contribution in [0.1, 0.15) is 92.4 Å². The second kappa shape index (κ2) is 9.72. The summed E-state index contributed by atoms with van der Waals surface area (Å²) in [4.78, 5) is 0. The van der Waals surface area contributed by atoms with Crippen LogP contribution in [0.2, 0.25) is 0 Å². The summed E-state index contributed by atoms with van der Waals surface area (Å²) in [6.07, 6.45) is 3.12. The number of rotatable bonds is 7. The molecule has 0 aromatic carbocycles. The summed E-state index contributed by atoms with van der Waals surface area (Å²) in [5.41, 5.74) is -1.90. The molecule has 4 aliphatic carbocycles. The molecule has 5 N–H and O–H groups in total. The van der Waals surface area contributed by atoms with Crippen molar-refractivity contribution in [3.05, 3.63) is 0 Å². The van der Waals surface area contributed by atoms with Gasteiger partial charge >= 0.3 is 10.4 Å². The molecule has 0 amide bonds. The summed E-state index contributed by atoms with van der Waals surface area (Å²) < 4.78 is 36.7. The molecule has 9 heteroatoms. The average Bonchev–Trinajstić information content (AvgIpc) is 3.03. The minimum Gasteiger partial charge on any atom is -0.393 e. The molecule has 12 atom stereocenters. The first-order valence-corrected chi connectivity index (χ1v) is 15.3. The van der Waals surface area contributed by atoms with Gasteiger partial charge in [0.2, 0.25) is 0 Å². The van der Waals surface area contributed by atoms with Crippen LogP contribution in [0, 0.1) is 46.3 Å². The molecule has 0 bridgehead atoms. The van der Waals surface area contributed by atoms with Crippen molar-refractivity contribution in [2.24, 2.45) is 46.3 Å². The van der Waals surface area contributed by atoms with Crippen LogP contribution < -0.4 is 0 Å². The van der Waals surface area contributed by atoms with Crippen LogP contribution in [0.3, 0.4) is 0 Å². The fourth-order valence-electron chi connectivity index (χ4n) is 9.53. The van der Waals surface area contributed by atoms with E-state index in [2.05, 4.69) is 20.8 Å². The highest BCUT2D eigenvalue weighted by Crippen LogP contribution is 2.69. The highest BCUT2D eigenvalue weighted by atomic mass is 32.3. The monoisotopic (exact) mass is 532 g/mol. The maximum atomic E-state index is 11.6. The Morgan fingerprint density at radius 1 is 1.00 bits per heavy atom. The first-order chi connectivity index (χ1) is 16.5. The van der Waals surface area contributed by atoms with Gasteiger partial charge in [0.15, 0.2) is 0 Å². The first-order valence-electron chi connectivity index (χ1n) is 14.0. The van der Waals surface area contributed by atoms with Crippen LogP contribution in [0.25, 0.3) is 0 Å². The number of aliphatic hydroxyl groups is 4. The molecule has 4 rings (SSSR count). The molecular weight excluding hydrogens is 484 g/mol. The van der Waals surface area contributed by atoms with Crippen molar-refractivity contribution in [3.63, 3.8) is 0 Å². The van der Waals surface area contributed by atoms with Crippen molar-refractivity contribution < 1.29 is 37.6 Å². The summed E-state index contributed by atoms with van der Waals surface area (Å²) in [7, 11) is -4.52. The summed E-state index contributed by atoms with van der Waals surface area (Å²) in [5, 5.41) is 44.6. The molecule has 36 heavy (non-hydrogen) atoms. The minimum absolute atomic E-state index is 0.0292. The zero-order valence-corrected chi connectivity index (χ0v) is 23.3. The van der Waals surface area contributed by atoms with E-state index >= 15 is 0 Å². The Morgan fingerprint density at radius 2 is 1.67 bits per heavy atom. The molecule has 4 aliphatic rings. The fraction of sp³-hybridized carbons (Fsp3) is 1.00. The van der Waals surface area contributed by atoms with Crippen LogP contribution >= 0.6 is 0 Å². The predicted molar refractivity (Wildman–Crippen MR) is 135 cm³/mol. The Bertz CT molecular complexity index is 909. The lowest BCUT2D eigenvalue weighted by molar-refractivity contribution is -0.268. The number of hydrogen-bond acceptors (Lipinski definition) is 7. The van der Waals surface area contributed by atoms with Crippen molar-refractivity contribution >= 4 is 10.4 Å². The van der Waals surface area contributed by atoms with E-state index in [1.54, 1.807) is 0 Å². The van der Waals surface area contributed by atoms with E-state index in [1.165, 1.54) is 0 Å². The second-order valence-corrected chi connectivity index (χ2v) is 14.6. The second-order valence-electron chi connectivity index (χ2n) is 13.6. The highest BCUT2D eigenvalue weighted by molar-refractivity contribution is 7.80.